The SMILES string of the molecule is COc1cc(/C=C2\N=C(c3ccco3)OC2=O)cc(I)c1OCc1ccc(I)cc1. The minimum Gasteiger partial charge on any atom is -0.493 e. The van der Waals surface area contributed by atoms with Crippen molar-refractivity contribution in [1.29, 1.82) is 0 Å². The Kier molecular flexibility index (Phi) is 6.42. The van der Waals surface area contributed by atoms with Gasteiger partial charge in [0.1, 0.15) is 6.61 Å². The van der Waals surface area contributed by atoms with Crippen LogP contribution in [0.4, 0.5) is 0 Å². The van der Waals surface area contributed by atoms with Crippen molar-refractivity contribution in [3.05, 3.63) is 84.5 Å². The van der Waals surface area contributed by atoms with Crippen LogP contribution in [0.2, 0.25) is 0 Å². The number of benzene rings is 2. The molecule has 1 aliphatic rings. The van der Waals surface area contributed by atoms with Crippen LogP contribution >= 0.6 is 45.2 Å². The molecule has 0 saturated heterocycles. The highest BCUT2D eigenvalue weighted by Crippen LogP contribution is 2.35. The van der Waals surface area contributed by atoms with E-state index in [1.54, 1.807) is 31.4 Å². The third-order valence-corrected chi connectivity index (χ3v) is 5.72. The number of nitrogens with zero attached hydrogens (tertiary/aromatic N) is 1. The summed E-state index contributed by atoms with van der Waals surface area (Å²) in [5, 5.41) is 0. The molecule has 1 aromatic heterocycles. The number of esters is 1. The van der Waals surface area contributed by atoms with Crippen molar-refractivity contribution in [1.82, 2.24) is 0 Å². The van der Waals surface area contributed by atoms with Crippen LogP contribution in [0.5, 0.6) is 11.5 Å². The van der Waals surface area contributed by atoms with Gasteiger partial charge in [-0.15, -0.1) is 0 Å². The number of halogens is 2. The van der Waals surface area contributed by atoms with Gasteiger partial charge in [0.05, 0.1) is 16.9 Å². The second kappa shape index (κ2) is 9.21. The van der Waals surface area contributed by atoms with Gasteiger partial charge in [0.15, 0.2) is 23.0 Å². The fraction of sp³-hybridized carbons (Fsp3) is 0.0909. The predicted molar refractivity (Wildman–Crippen MR) is 129 cm³/mol. The van der Waals surface area contributed by atoms with Crippen molar-refractivity contribution in [3.8, 4) is 11.5 Å². The van der Waals surface area contributed by atoms with E-state index in [9.17, 15) is 4.79 Å². The normalized spacial score (nSPS) is 14.6. The van der Waals surface area contributed by atoms with Crippen molar-refractivity contribution in [3.63, 3.8) is 0 Å². The number of carbonyl (C=O) groups excluding carboxylic acids is 1. The first-order valence-corrected chi connectivity index (χ1v) is 11.0. The zero-order chi connectivity index (χ0) is 21.1. The lowest BCUT2D eigenvalue weighted by atomic mass is 10.1. The molecule has 0 radical (unpaired) electrons. The molecule has 0 aliphatic carbocycles. The molecule has 3 aromatic rings. The Balaban J connectivity index is 1.58. The molecule has 0 unspecified atom stereocenters. The molecule has 8 heteroatoms. The maximum absolute atomic E-state index is 12.2. The lowest BCUT2D eigenvalue weighted by molar-refractivity contribution is -0.130. The summed E-state index contributed by atoms with van der Waals surface area (Å²) in [4.78, 5) is 16.4. The van der Waals surface area contributed by atoms with E-state index in [0.717, 1.165) is 14.7 Å². The summed E-state index contributed by atoms with van der Waals surface area (Å²) in [5.41, 5.74) is 1.99. The third kappa shape index (κ3) is 4.69. The molecular formula is C22H15I2NO5. The molecule has 4 rings (SSSR count). The van der Waals surface area contributed by atoms with Gasteiger partial charge in [-0.2, -0.15) is 0 Å². The van der Waals surface area contributed by atoms with Gasteiger partial charge < -0.3 is 18.6 Å². The highest BCUT2D eigenvalue weighted by Gasteiger charge is 2.26. The summed E-state index contributed by atoms with van der Waals surface area (Å²) in [6.07, 6.45) is 3.14. The quantitative estimate of drug-likeness (QED) is 0.208. The molecule has 0 saturated carbocycles. The van der Waals surface area contributed by atoms with Crippen LogP contribution in [0.25, 0.3) is 6.08 Å². The molecule has 0 fully saturated rings. The number of hydrogen-bond donors (Lipinski definition) is 0. The summed E-state index contributed by atoms with van der Waals surface area (Å²) in [5.74, 6) is 1.23. The minimum absolute atomic E-state index is 0.149. The lowest BCUT2D eigenvalue weighted by Gasteiger charge is -2.14. The number of methoxy groups -OCH3 is 1. The first-order chi connectivity index (χ1) is 14.5. The molecular weight excluding hydrogens is 612 g/mol. The molecule has 1 aliphatic heterocycles. The van der Waals surface area contributed by atoms with E-state index in [-0.39, 0.29) is 11.6 Å². The smallest absolute Gasteiger partial charge is 0.363 e. The Morgan fingerprint density at radius 3 is 2.63 bits per heavy atom. The van der Waals surface area contributed by atoms with E-state index in [1.807, 2.05) is 30.3 Å². The van der Waals surface area contributed by atoms with Crippen LogP contribution in [0.15, 0.2) is 69.9 Å². The number of cyclic esters (lactones) is 1. The zero-order valence-electron chi connectivity index (χ0n) is 15.7. The van der Waals surface area contributed by atoms with Crippen LogP contribution < -0.4 is 9.47 Å². The summed E-state index contributed by atoms with van der Waals surface area (Å²) < 4.78 is 24.0. The van der Waals surface area contributed by atoms with Crippen molar-refractivity contribution in [2.75, 3.05) is 7.11 Å². The lowest BCUT2D eigenvalue weighted by Crippen LogP contribution is -2.04. The second-order valence-electron chi connectivity index (χ2n) is 6.26. The molecule has 0 atom stereocenters. The average molecular weight is 627 g/mol. The predicted octanol–water partition coefficient (Wildman–Crippen LogP) is 5.42. The summed E-state index contributed by atoms with van der Waals surface area (Å²) >= 11 is 4.45. The van der Waals surface area contributed by atoms with E-state index >= 15 is 0 Å². The monoisotopic (exact) mass is 627 g/mol. The molecule has 0 amide bonds. The van der Waals surface area contributed by atoms with Crippen LogP contribution in [-0.2, 0) is 16.1 Å². The summed E-state index contributed by atoms with van der Waals surface area (Å²) in [6, 6.07) is 15.2. The van der Waals surface area contributed by atoms with Gasteiger partial charge in [0.25, 0.3) is 5.90 Å². The summed E-state index contributed by atoms with van der Waals surface area (Å²) in [7, 11) is 1.58. The minimum atomic E-state index is -0.533. The van der Waals surface area contributed by atoms with Gasteiger partial charge in [-0.25, -0.2) is 9.79 Å². The maximum Gasteiger partial charge on any atom is 0.363 e. The molecule has 2 heterocycles. The molecule has 0 spiro atoms. The van der Waals surface area contributed by atoms with Gasteiger partial charge in [-0.3, -0.25) is 0 Å². The highest BCUT2D eigenvalue weighted by atomic mass is 127. The van der Waals surface area contributed by atoms with Crippen LogP contribution in [0.3, 0.4) is 0 Å². The number of carbonyl (C=O) groups is 1. The number of ether oxygens (including phenoxy) is 3. The van der Waals surface area contributed by atoms with Crippen LogP contribution in [0, 0.1) is 7.14 Å². The molecule has 0 N–H and O–H groups in total. The van der Waals surface area contributed by atoms with E-state index in [1.165, 1.54) is 9.83 Å². The standard InChI is InChI=1S/C22H15I2NO5/c1-27-19-11-14(10-17-22(26)30-21(25-17)18-3-2-8-28-18)9-16(24)20(19)29-12-13-4-6-15(23)7-5-13/h2-11H,12H2,1H3/b17-10-. The summed E-state index contributed by atoms with van der Waals surface area (Å²) in [6.45, 7) is 0.423. The number of aliphatic imine (C=N–C) groups is 1. The topological polar surface area (TPSA) is 70.3 Å². The largest absolute Gasteiger partial charge is 0.493 e. The van der Waals surface area contributed by atoms with Crippen molar-refractivity contribution >= 4 is 63.1 Å². The number of hydrogen-bond acceptors (Lipinski definition) is 6. The molecule has 0 bridgehead atoms. The van der Waals surface area contributed by atoms with Crippen molar-refractivity contribution < 1.29 is 23.4 Å². The fourth-order valence-corrected chi connectivity index (χ4v) is 3.91. The van der Waals surface area contributed by atoms with Gasteiger partial charge >= 0.3 is 5.97 Å². The van der Waals surface area contributed by atoms with E-state index in [4.69, 9.17) is 18.6 Å². The third-order valence-electron chi connectivity index (χ3n) is 4.20. The first kappa shape index (κ1) is 20.9. The Morgan fingerprint density at radius 2 is 1.93 bits per heavy atom. The molecule has 30 heavy (non-hydrogen) atoms. The Labute approximate surface area is 200 Å². The molecule has 2 aromatic carbocycles. The number of rotatable bonds is 6. The van der Waals surface area contributed by atoms with Gasteiger partial charge in [0, 0.05) is 3.57 Å². The Morgan fingerprint density at radius 1 is 1.13 bits per heavy atom. The first-order valence-electron chi connectivity index (χ1n) is 8.84. The molecule has 152 valence electrons. The van der Waals surface area contributed by atoms with E-state index in [0.29, 0.717) is 23.9 Å². The number of furan rings is 1. The van der Waals surface area contributed by atoms with Gasteiger partial charge in [0.2, 0.25) is 0 Å². The highest BCUT2D eigenvalue weighted by molar-refractivity contribution is 14.1. The molecule has 6 nitrogen and oxygen atoms in total. The fourth-order valence-electron chi connectivity index (χ4n) is 2.77. The van der Waals surface area contributed by atoms with Crippen LogP contribution in [0.1, 0.15) is 16.9 Å². The maximum atomic E-state index is 12.2. The van der Waals surface area contributed by atoms with Crippen molar-refractivity contribution in [2.45, 2.75) is 6.61 Å². The average Bonchev–Trinajstić information content (AvgIpc) is 3.38. The van der Waals surface area contributed by atoms with Gasteiger partial charge in [-0.1, -0.05) is 12.1 Å². The Bertz CT molecular complexity index is 1140. The van der Waals surface area contributed by atoms with Crippen molar-refractivity contribution in [2.24, 2.45) is 4.99 Å². The zero-order valence-corrected chi connectivity index (χ0v) is 20.0. The van der Waals surface area contributed by atoms with Crippen LogP contribution in [-0.4, -0.2) is 19.0 Å². The second-order valence-corrected chi connectivity index (χ2v) is 8.67. The van der Waals surface area contributed by atoms with Gasteiger partial charge in [-0.05, 0) is 98.8 Å². The van der Waals surface area contributed by atoms with E-state index in [2.05, 4.69) is 50.2 Å². The Hall–Kier alpha value is -2.34. The van der Waals surface area contributed by atoms with E-state index < -0.39 is 5.97 Å².